The lowest BCUT2D eigenvalue weighted by molar-refractivity contribution is -0.119. The van der Waals surface area contributed by atoms with Crippen LogP contribution in [0.5, 0.6) is 5.75 Å². The Balaban J connectivity index is 1.84. The zero-order chi connectivity index (χ0) is 20.9. The van der Waals surface area contributed by atoms with E-state index in [4.69, 9.17) is 9.72 Å². The Labute approximate surface area is 180 Å². The molecule has 1 saturated carbocycles. The van der Waals surface area contributed by atoms with Gasteiger partial charge in [0.25, 0.3) is 0 Å². The standard InChI is InChI=1S/C25H22N2O2S/c1-29-19-13-11-18(12-14-19)22-15-20(17-7-3-2-4-8-17)21(16-26)25(27-22)30-24-10-6-5-9-23(24)28/h2-4,7-8,11-15,24H,5-6,9-10H2,1H3/t24-/m1/s1. The topological polar surface area (TPSA) is 63.0 Å². The Morgan fingerprint density at radius 2 is 1.83 bits per heavy atom. The number of carbonyl (C=O) groups excluding carboxylic acids is 1. The van der Waals surface area contributed by atoms with E-state index in [0.29, 0.717) is 17.0 Å². The largest absolute Gasteiger partial charge is 0.497 e. The van der Waals surface area contributed by atoms with Gasteiger partial charge >= 0.3 is 0 Å². The quantitative estimate of drug-likeness (QED) is 0.520. The van der Waals surface area contributed by atoms with E-state index in [0.717, 1.165) is 47.4 Å². The number of benzene rings is 2. The van der Waals surface area contributed by atoms with Gasteiger partial charge in [-0.05, 0) is 48.7 Å². The molecule has 1 aliphatic rings. The average Bonchev–Trinajstić information content (AvgIpc) is 2.80. The summed E-state index contributed by atoms with van der Waals surface area (Å²) in [7, 11) is 1.64. The summed E-state index contributed by atoms with van der Waals surface area (Å²) < 4.78 is 5.27. The van der Waals surface area contributed by atoms with Gasteiger partial charge in [-0.25, -0.2) is 4.98 Å². The Hall–Kier alpha value is -3.10. The molecular formula is C25H22N2O2S. The van der Waals surface area contributed by atoms with Gasteiger partial charge in [-0.3, -0.25) is 4.79 Å². The Kier molecular flexibility index (Phi) is 6.15. The zero-order valence-corrected chi connectivity index (χ0v) is 17.6. The van der Waals surface area contributed by atoms with E-state index in [1.807, 2.05) is 60.7 Å². The molecule has 0 aliphatic heterocycles. The van der Waals surface area contributed by atoms with Crippen molar-refractivity contribution in [3.05, 3.63) is 66.2 Å². The van der Waals surface area contributed by atoms with Crippen LogP contribution < -0.4 is 4.74 Å². The number of hydrogen-bond acceptors (Lipinski definition) is 5. The maximum atomic E-state index is 12.4. The predicted octanol–water partition coefficient (Wildman–Crippen LogP) is 5.90. The number of pyridine rings is 1. The molecule has 2 aromatic carbocycles. The molecule has 4 nitrogen and oxygen atoms in total. The molecule has 5 heteroatoms. The third kappa shape index (κ3) is 4.24. The second kappa shape index (κ2) is 9.15. The molecule has 0 unspecified atom stereocenters. The van der Waals surface area contributed by atoms with Crippen LogP contribution in [-0.2, 0) is 4.79 Å². The van der Waals surface area contributed by atoms with Crippen molar-refractivity contribution in [2.24, 2.45) is 0 Å². The normalized spacial score (nSPS) is 16.1. The van der Waals surface area contributed by atoms with E-state index in [1.165, 1.54) is 11.8 Å². The van der Waals surface area contributed by atoms with Gasteiger partial charge in [0.15, 0.2) is 0 Å². The number of nitrogens with zero attached hydrogens (tertiary/aromatic N) is 2. The molecule has 0 radical (unpaired) electrons. The van der Waals surface area contributed by atoms with E-state index < -0.39 is 0 Å². The smallest absolute Gasteiger partial charge is 0.146 e. The maximum Gasteiger partial charge on any atom is 0.146 e. The fourth-order valence-electron chi connectivity index (χ4n) is 3.68. The van der Waals surface area contributed by atoms with Crippen LogP contribution in [0.1, 0.15) is 31.2 Å². The third-order valence-corrected chi connectivity index (χ3v) is 6.62. The highest BCUT2D eigenvalue weighted by molar-refractivity contribution is 8.00. The van der Waals surface area contributed by atoms with Crippen molar-refractivity contribution in [1.29, 1.82) is 5.26 Å². The predicted molar refractivity (Wildman–Crippen MR) is 119 cm³/mol. The average molecular weight is 415 g/mol. The third-order valence-electron chi connectivity index (χ3n) is 5.32. The van der Waals surface area contributed by atoms with Crippen molar-refractivity contribution < 1.29 is 9.53 Å². The molecule has 150 valence electrons. The molecule has 0 saturated heterocycles. The molecule has 3 aromatic rings. The molecule has 0 spiro atoms. The fraction of sp³-hybridized carbons (Fsp3) is 0.240. The monoisotopic (exact) mass is 414 g/mol. The molecular weight excluding hydrogens is 392 g/mol. The number of thioether (sulfide) groups is 1. The van der Waals surface area contributed by atoms with Crippen LogP contribution in [0, 0.1) is 11.3 Å². The number of ketones is 1. The van der Waals surface area contributed by atoms with Crippen LogP contribution in [0.25, 0.3) is 22.4 Å². The molecule has 1 aliphatic carbocycles. The van der Waals surface area contributed by atoms with Crippen molar-refractivity contribution >= 4 is 17.5 Å². The summed E-state index contributed by atoms with van der Waals surface area (Å²) >= 11 is 1.44. The van der Waals surface area contributed by atoms with Crippen molar-refractivity contribution in [3.8, 4) is 34.2 Å². The minimum atomic E-state index is -0.131. The molecule has 4 rings (SSSR count). The highest BCUT2D eigenvalue weighted by Gasteiger charge is 2.26. The first-order valence-corrected chi connectivity index (χ1v) is 10.9. The summed E-state index contributed by atoms with van der Waals surface area (Å²) in [5, 5.41) is 10.5. The van der Waals surface area contributed by atoms with E-state index in [1.54, 1.807) is 7.11 Å². The van der Waals surface area contributed by atoms with Crippen molar-refractivity contribution in [1.82, 2.24) is 4.98 Å². The molecule has 30 heavy (non-hydrogen) atoms. The van der Waals surface area contributed by atoms with Gasteiger partial charge in [-0.15, -0.1) is 0 Å². The van der Waals surface area contributed by atoms with Gasteiger partial charge in [0.1, 0.15) is 22.6 Å². The minimum Gasteiger partial charge on any atom is -0.497 e. The van der Waals surface area contributed by atoms with Gasteiger partial charge in [0, 0.05) is 17.5 Å². The highest BCUT2D eigenvalue weighted by atomic mass is 32.2. The lowest BCUT2D eigenvalue weighted by atomic mass is 9.99. The first-order valence-electron chi connectivity index (χ1n) is 10.0. The van der Waals surface area contributed by atoms with Crippen LogP contribution in [-0.4, -0.2) is 23.1 Å². The van der Waals surface area contributed by atoms with Crippen LogP contribution in [0.3, 0.4) is 0 Å². The van der Waals surface area contributed by atoms with Crippen molar-refractivity contribution in [2.75, 3.05) is 7.11 Å². The lowest BCUT2D eigenvalue weighted by Gasteiger charge is -2.21. The van der Waals surface area contributed by atoms with Gasteiger partial charge < -0.3 is 4.74 Å². The summed E-state index contributed by atoms with van der Waals surface area (Å²) in [5.41, 5.74) is 4.05. The lowest BCUT2D eigenvalue weighted by Crippen LogP contribution is -2.21. The van der Waals surface area contributed by atoms with Gasteiger partial charge in [-0.2, -0.15) is 5.26 Å². The van der Waals surface area contributed by atoms with Crippen LogP contribution >= 0.6 is 11.8 Å². The summed E-state index contributed by atoms with van der Waals surface area (Å²) in [6.07, 6.45) is 3.44. The molecule has 1 heterocycles. The number of Topliss-reactive ketones (excluding diaryl/α,β-unsaturated/α-hetero) is 1. The Morgan fingerprint density at radius 1 is 1.07 bits per heavy atom. The second-order valence-electron chi connectivity index (χ2n) is 7.26. The number of hydrogen-bond donors (Lipinski definition) is 0. The van der Waals surface area contributed by atoms with E-state index in [-0.39, 0.29) is 11.0 Å². The zero-order valence-electron chi connectivity index (χ0n) is 16.8. The summed E-state index contributed by atoms with van der Waals surface area (Å²) in [5.74, 6) is 1.03. The number of carbonyl (C=O) groups is 1. The van der Waals surface area contributed by atoms with Crippen LogP contribution in [0.4, 0.5) is 0 Å². The summed E-state index contributed by atoms with van der Waals surface area (Å²) in [6.45, 7) is 0. The van der Waals surface area contributed by atoms with Crippen LogP contribution in [0.15, 0.2) is 65.7 Å². The van der Waals surface area contributed by atoms with Crippen LogP contribution in [0.2, 0.25) is 0 Å². The molecule has 1 aromatic heterocycles. The first-order chi connectivity index (χ1) is 14.7. The number of ether oxygens (including phenoxy) is 1. The van der Waals surface area contributed by atoms with E-state index in [9.17, 15) is 10.1 Å². The summed E-state index contributed by atoms with van der Waals surface area (Å²) in [4.78, 5) is 17.3. The number of methoxy groups -OCH3 is 1. The maximum absolute atomic E-state index is 12.4. The molecule has 0 bridgehead atoms. The molecule has 0 amide bonds. The van der Waals surface area contributed by atoms with E-state index in [2.05, 4.69) is 6.07 Å². The Bertz CT molecular complexity index is 1090. The van der Waals surface area contributed by atoms with Crippen molar-refractivity contribution in [3.63, 3.8) is 0 Å². The number of nitriles is 1. The van der Waals surface area contributed by atoms with Gasteiger partial charge in [-0.1, -0.05) is 48.5 Å². The Morgan fingerprint density at radius 3 is 2.50 bits per heavy atom. The van der Waals surface area contributed by atoms with E-state index >= 15 is 0 Å². The molecule has 0 N–H and O–H groups in total. The van der Waals surface area contributed by atoms with Crippen molar-refractivity contribution in [2.45, 2.75) is 36.0 Å². The van der Waals surface area contributed by atoms with Gasteiger partial charge in [0.2, 0.25) is 0 Å². The number of rotatable bonds is 5. The SMILES string of the molecule is COc1ccc(-c2cc(-c3ccccc3)c(C#N)c(S[C@@H]3CCCCC3=O)n2)cc1. The molecule has 1 atom stereocenters. The summed E-state index contributed by atoms with van der Waals surface area (Å²) in [6, 6.07) is 21.9. The minimum absolute atomic E-state index is 0.131. The fourth-order valence-corrected chi connectivity index (χ4v) is 4.91. The molecule has 1 fully saturated rings. The van der Waals surface area contributed by atoms with Gasteiger partial charge in [0.05, 0.1) is 23.6 Å². The number of aromatic nitrogens is 1. The highest BCUT2D eigenvalue weighted by Crippen LogP contribution is 2.38. The second-order valence-corrected chi connectivity index (χ2v) is 8.45. The first kappa shape index (κ1) is 20.2.